The van der Waals surface area contributed by atoms with Crippen LogP contribution in [0.5, 0.6) is 5.75 Å². The molecule has 0 aromatic heterocycles. The van der Waals surface area contributed by atoms with Crippen molar-refractivity contribution in [3.8, 4) is 5.75 Å². The van der Waals surface area contributed by atoms with Gasteiger partial charge in [-0.25, -0.2) is 4.39 Å². The minimum atomic E-state index is -1.45. The standard InChI is InChI=1S/C36H27FN2O4/c1-2-20-43-26-10-7-9-24(21-26)32(40)30-31(33(41)23-14-16-25(37)17-15-23)39-19-18-22-8-3-4-11-27(22)34(39)36(30)28-12-5-6-13-29(28)38-35(36)42/h2-19,21,30-31,34H,1,20H2,(H,38,42)/t30-,31+,34-,36-/m1/s1. The van der Waals surface area contributed by atoms with E-state index in [9.17, 15) is 18.8 Å². The summed E-state index contributed by atoms with van der Waals surface area (Å²) in [5, 5.41) is 3.04. The van der Waals surface area contributed by atoms with Gasteiger partial charge in [0.2, 0.25) is 5.91 Å². The molecule has 43 heavy (non-hydrogen) atoms. The second-order valence-electron chi connectivity index (χ2n) is 10.9. The van der Waals surface area contributed by atoms with Gasteiger partial charge in [-0.2, -0.15) is 0 Å². The van der Waals surface area contributed by atoms with E-state index in [0.29, 0.717) is 22.6 Å². The molecule has 4 aromatic carbocycles. The Labute approximate surface area is 248 Å². The lowest BCUT2D eigenvalue weighted by Crippen LogP contribution is -2.49. The van der Waals surface area contributed by atoms with Gasteiger partial charge < -0.3 is 15.0 Å². The lowest BCUT2D eigenvalue weighted by Gasteiger charge is -2.38. The number of rotatable bonds is 7. The van der Waals surface area contributed by atoms with Crippen molar-refractivity contribution in [1.82, 2.24) is 4.90 Å². The molecule has 212 valence electrons. The molecular weight excluding hydrogens is 543 g/mol. The first-order valence-corrected chi connectivity index (χ1v) is 14.1. The summed E-state index contributed by atoms with van der Waals surface area (Å²) in [6, 6.07) is 25.4. The van der Waals surface area contributed by atoms with E-state index in [1.807, 2.05) is 65.7 Å². The average molecular weight is 571 g/mol. The Hall–Kier alpha value is -5.30. The Morgan fingerprint density at radius 2 is 1.70 bits per heavy atom. The first-order valence-electron chi connectivity index (χ1n) is 14.1. The monoisotopic (exact) mass is 570 g/mol. The molecule has 6 nitrogen and oxygen atoms in total. The van der Waals surface area contributed by atoms with Crippen molar-refractivity contribution in [1.29, 1.82) is 0 Å². The van der Waals surface area contributed by atoms with Crippen molar-refractivity contribution in [2.45, 2.75) is 17.5 Å². The molecule has 1 N–H and O–H groups in total. The van der Waals surface area contributed by atoms with Crippen LogP contribution in [0.15, 0.2) is 116 Å². The van der Waals surface area contributed by atoms with Crippen LogP contribution >= 0.6 is 0 Å². The summed E-state index contributed by atoms with van der Waals surface area (Å²) < 4.78 is 19.6. The van der Waals surface area contributed by atoms with E-state index >= 15 is 0 Å². The van der Waals surface area contributed by atoms with Crippen molar-refractivity contribution in [3.63, 3.8) is 0 Å². The summed E-state index contributed by atoms with van der Waals surface area (Å²) in [6.07, 6.45) is 5.32. The number of hydrogen-bond acceptors (Lipinski definition) is 5. The predicted octanol–water partition coefficient (Wildman–Crippen LogP) is 6.37. The fourth-order valence-electron chi connectivity index (χ4n) is 7.03. The number of nitrogens with zero attached hydrogens (tertiary/aromatic N) is 1. The molecule has 4 aromatic rings. The van der Waals surface area contributed by atoms with Crippen LogP contribution in [0.4, 0.5) is 10.1 Å². The minimum Gasteiger partial charge on any atom is -0.490 e. The quantitative estimate of drug-likeness (QED) is 0.206. The van der Waals surface area contributed by atoms with Crippen LogP contribution in [0.2, 0.25) is 0 Å². The summed E-state index contributed by atoms with van der Waals surface area (Å²) in [4.78, 5) is 45.8. The topological polar surface area (TPSA) is 75.7 Å². The SMILES string of the molecule is C=CCOc1cccc(C(=O)[C@H]2[C@@H](C(=O)c3ccc(F)cc3)N3C=Cc4ccccc4[C@@H]3[C@]23C(=O)Nc2ccccc23)c1. The number of fused-ring (bicyclic) bond motifs is 6. The highest BCUT2D eigenvalue weighted by Crippen LogP contribution is 2.62. The summed E-state index contributed by atoms with van der Waals surface area (Å²) in [5.74, 6) is -2.22. The van der Waals surface area contributed by atoms with Crippen LogP contribution in [0.1, 0.15) is 43.4 Å². The van der Waals surface area contributed by atoms with E-state index in [4.69, 9.17) is 4.74 Å². The molecule has 1 amide bonds. The Balaban J connectivity index is 1.50. The van der Waals surface area contributed by atoms with Gasteiger partial charge in [-0.1, -0.05) is 67.3 Å². The van der Waals surface area contributed by atoms with E-state index in [-0.39, 0.29) is 29.6 Å². The fourth-order valence-corrected chi connectivity index (χ4v) is 7.03. The summed E-state index contributed by atoms with van der Waals surface area (Å²) >= 11 is 0. The number of amides is 1. The number of para-hydroxylation sites is 1. The van der Waals surface area contributed by atoms with Gasteiger partial charge in [0.15, 0.2) is 11.6 Å². The molecule has 1 saturated heterocycles. The van der Waals surface area contributed by atoms with Gasteiger partial charge in [-0.15, -0.1) is 0 Å². The third-order valence-electron chi connectivity index (χ3n) is 8.74. The first-order chi connectivity index (χ1) is 20.9. The van der Waals surface area contributed by atoms with Crippen molar-refractivity contribution in [2.75, 3.05) is 11.9 Å². The average Bonchev–Trinajstić information content (AvgIpc) is 3.52. The van der Waals surface area contributed by atoms with E-state index in [1.54, 1.807) is 30.3 Å². The van der Waals surface area contributed by atoms with E-state index in [0.717, 1.165) is 11.1 Å². The van der Waals surface area contributed by atoms with Crippen LogP contribution in [-0.4, -0.2) is 35.0 Å². The molecule has 3 heterocycles. The van der Waals surface area contributed by atoms with E-state index < -0.39 is 29.2 Å². The number of carbonyl (C=O) groups is 3. The van der Waals surface area contributed by atoms with Gasteiger partial charge in [0.25, 0.3) is 0 Å². The molecule has 0 radical (unpaired) electrons. The highest BCUT2D eigenvalue weighted by Gasteiger charge is 2.70. The molecule has 7 rings (SSSR count). The molecule has 3 aliphatic heterocycles. The van der Waals surface area contributed by atoms with Gasteiger partial charge in [0, 0.05) is 23.0 Å². The number of halogens is 1. The number of ether oxygens (including phenoxy) is 1. The third kappa shape index (κ3) is 3.96. The number of benzene rings is 4. The van der Waals surface area contributed by atoms with Crippen LogP contribution < -0.4 is 10.1 Å². The Morgan fingerprint density at radius 3 is 2.51 bits per heavy atom. The second kappa shape index (κ2) is 10.2. The van der Waals surface area contributed by atoms with Gasteiger partial charge >= 0.3 is 0 Å². The van der Waals surface area contributed by atoms with Gasteiger partial charge in [-0.05, 0) is 65.2 Å². The normalized spacial score (nSPS) is 22.9. The number of carbonyl (C=O) groups excluding carboxylic acids is 3. The van der Waals surface area contributed by atoms with Crippen LogP contribution in [0.3, 0.4) is 0 Å². The molecule has 7 heteroatoms. The van der Waals surface area contributed by atoms with Gasteiger partial charge in [0.1, 0.15) is 29.6 Å². The summed E-state index contributed by atoms with van der Waals surface area (Å²) in [5.41, 5.74) is 2.13. The molecule has 1 spiro atoms. The zero-order valence-corrected chi connectivity index (χ0v) is 23.1. The number of nitrogens with one attached hydrogen (secondary N) is 1. The maximum absolute atomic E-state index is 14.9. The number of hydrogen-bond donors (Lipinski definition) is 1. The summed E-state index contributed by atoms with van der Waals surface area (Å²) in [6.45, 7) is 3.94. The van der Waals surface area contributed by atoms with Crippen molar-refractivity contribution >= 4 is 29.2 Å². The van der Waals surface area contributed by atoms with E-state index in [1.165, 1.54) is 24.3 Å². The third-order valence-corrected chi connectivity index (χ3v) is 8.74. The molecule has 0 aliphatic carbocycles. The van der Waals surface area contributed by atoms with Crippen molar-refractivity contribution in [2.24, 2.45) is 5.92 Å². The Bertz CT molecular complexity index is 1830. The molecule has 3 aliphatic rings. The Morgan fingerprint density at radius 1 is 0.930 bits per heavy atom. The zero-order chi connectivity index (χ0) is 29.7. The maximum atomic E-state index is 14.9. The molecular formula is C36H27FN2O4. The van der Waals surface area contributed by atoms with Crippen LogP contribution in [-0.2, 0) is 10.2 Å². The molecule has 1 fully saturated rings. The molecule has 0 unspecified atom stereocenters. The maximum Gasteiger partial charge on any atom is 0.238 e. The lowest BCUT2D eigenvalue weighted by molar-refractivity contribution is -0.122. The molecule has 0 bridgehead atoms. The number of anilines is 1. The highest BCUT2D eigenvalue weighted by molar-refractivity contribution is 6.16. The Kier molecular flexibility index (Phi) is 6.31. The smallest absolute Gasteiger partial charge is 0.238 e. The minimum absolute atomic E-state index is 0.252. The van der Waals surface area contributed by atoms with Gasteiger partial charge in [-0.3, -0.25) is 14.4 Å². The zero-order valence-electron chi connectivity index (χ0n) is 23.1. The first kappa shape index (κ1) is 26.6. The van der Waals surface area contributed by atoms with Crippen LogP contribution in [0.25, 0.3) is 6.08 Å². The van der Waals surface area contributed by atoms with Crippen molar-refractivity contribution < 1.29 is 23.5 Å². The number of Topliss-reactive ketones (excluding diaryl/α,β-unsaturated/α-hetero) is 2. The second-order valence-corrected chi connectivity index (χ2v) is 10.9. The van der Waals surface area contributed by atoms with Crippen LogP contribution in [0, 0.1) is 11.7 Å². The van der Waals surface area contributed by atoms with Crippen molar-refractivity contribution in [3.05, 3.63) is 150 Å². The highest BCUT2D eigenvalue weighted by atomic mass is 19.1. The summed E-state index contributed by atoms with van der Waals surface area (Å²) in [7, 11) is 0. The largest absolute Gasteiger partial charge is 0.490 e. The lowest BCUT2D eigenvalue weighted by atomic mass is 9.62. The van der Waals surface area contributed by atoms with E-state index in [2.05, 4.69) is 11.9 Å². The predicted molar refractivity (Wildman–Crippen MR) is 161 cm³/mol. The molecule has 4 atom stereocenters. The number of ketones is 2. The fraction of sp³-hybridized carbons (Fsp3) is 0.139. The van der Waals surface area contributed by atoms with Gasteiger partial charge in [0.05, 0.1) is 12.0 Å². The molecule has 0 saturated carbocycles.